The van der Waals surface area contributed by atoms with Crippen molar-refractivity contribution in [3.05, 3.63) is 52.6 Å². The molecule has 1 atom stereocenters. The highest BCUT2D eigenvalue weighted by atomic mass is 35.5. The van der Waals surface area contributed by atoms with Crippen molar-refractivity contribution in [1.82, 2.24) is 4.98 Å². The van der Waals surface area contributed by atoms with Gasteiger partial charge in [0.25, 0.3) is 0 Å². The number of hydrogen-bond donors (Lipinski definition) is 0. The number of para-hydroxylation sites is 1. The second-order valence-electron chi connectivity index (χ2n) is 4.66. The molecule has 2 aromatic rings. The molecule has 0 unspecified atom stereocenters. The Kier molecular flexibility index (Phi) is 5.91. The van der Waals surface area contributed by atoms with Crippen molar-refractivity contribution in [2.75, 3.05) is 6.61 Å². The van der Waals surface area contributed by atoms with Crippen molar-refractivity contribution in [2.45, 2.75) is 12.7 Å². The molecule has 0 bridgehead atoms. The second kappa shape index (κ2) is 7.91. The van der Waals surface area contributed by atoms with Crippen molar-refractivity contribution in [1.29, 1.82) is 0 Å². The number of esters is 1. The molecule has 5 nitrogen and oxygen atoms in total. The molecule has 2 rings (SSSR count). The van der Waals surface area contributed by atoms with Crippen LogP contribution in [0.15, 0.2) is 42.6 Å². The minimum atomic E-state index is -1.86. The molecule has 1 heterocycles. The summed E-state index contributed by atoms with van der Waals surface area (Å²) in [6.45, 7) is 1.14. The first-order valence-corrected chi connectivity index (χ1v) is 7.55. The zero-order chi connectivity index (χ0) is 17.6. The fraction of sp³-hybridized carbons (Fsp3) is 0.176. The van der Waals surface area contributed by atoms with E-state index in [4.69, 9.17) is 43.8 Å². The van der Waals surface area contributed by atoms with Crippen LogP contribution in [0.2, 0.25) is 10.0 Å². The van der Waals surface area contributed by atoms with E-state index in [9.17, 15) is 4.79 Å². The van der Waals surface area contributed by atoms with Crippen LogP contribution >= 0.6 is 23.2 Å². The predicted molar refractivity (Wildman–Crippen MR) is 90.2 cm³/mol. The summed E-state index contributed by atoms with van der Waals surface area (Å²) in [4.78, 5) is 16.3. The fourth-order valence-electron chi connectivity index (χ4n) is 1.71. The summed E-state index contributed by atoms with van der Waals surface area (Å²) < 4.78 is 16.2. The Balaban J connectivity index is 2.33. The van der Waals surface area contributed by atoms with Crippen LogP contribution in [0.3, 0.4) is 0 Å². The highest BCUT2D eigenvalue weighted by Crippen LogP contribution is 2.32. The highest BCUT2D eigenvalue weighted by Gasteiger charge is 2.41. The molecule has 0 N–H and O–H groups in total. The predicted octanol–water partition coefficient (Wildman–Crippen LogP) is 3.74. The third-order valence-electron chi connectivity index (χ3n) is 2.81. The summed E-state index contributed by atoms with van der Waals surface area (Å²) in [6, 6.07) is 10.1. The van der Waals surface area contributed by atoms with Crippen molar-refractivity contribution < 1.29 is 19.0 Å². The Labute approximate surface area is 149 Å². The van der Waals surface area contributed by atoms with Crippen LogP contribution in [-0.2, 0) is 9.53 Å². The maximum absolute atomic E-state index is 12.4. The van der Waals surface area contributed by atoms with E-state index in [2.05, 4.69) is 10.9 Å². The number of halogens is 2. The molecule has 0 radical (unpaired) electrons. The second-order valence-corrected chi connectivity index (χ2v) is 5.44. The largest absolute Gasteiger partial charge is 0.447 e. The standard InChI is InChI=1S/C17H13Cl2NO4/c1-3-11-22-16(21)17(2,23-12-7-5-4-6-8-12)24-15-14(19)13(18)9-10-20-15/h1,4-10H,11H2,2H3/t17-/m1/s1. The van der Waals surface area contributed by atoms with Gasteiger partial charge in [0.2, 0.25) is 5.88 Å². The van der Waals surface area contributed by atoms with Gasteiger partial charge in [0.15, 0.2) is 6.61 Å². The highest BCUT2D eigenvalue weighted by molar-refractivity contribution is 6.42. The number of benzene rings is 1. The lowest BCUT2D eigenvalue weighted by Gasteiger charge is -2.28. The van der Waals surface area contributed by atoms with Gasteiger partial charge in [-0.15, -0.1) is 6.42 Å². The lowest BCUT2D eigenvalue weighted by molar-refractivity contribution is -0.186. The maximum atomic E-state index is 12.4. The molecule has 24 heavy (non-hydrogen) atoms. The van der Waals surface area contributed by atoms with Crippen molar-refractivity contribution in [2.24, 2.45) is 0 Å². The van der Waals surface area contributed by atoms with Gasteiger partial charge in [0.05, 0.1) is 5.02 Å². The van der Waals surface area contributed by atoms with Gasteiger partial charge >= 0.3 is 11.8 Å². The average molecular weight is 366 g/mol. The monoisotopic (exact) mass is 365 g/mol. The number of nitrogens with zero attached hydrogens (tertiary/aromatic N) is 1. The third-order valence-corrected chi connectivity index (χ3v) is 3.59. The quantitative estimate of drug-likeness (QED) is 0.443. The van der Waals surface area contributed by atoms with Gasteiger partial charge in [-0.25, -0.2) is 9.78 Å². The van der Waals surface area contributed by atoms with Crippen LogP contribution in [0.5, 0.6) is 11.6 Å². The molecule has 0 saturated heterocycles. The van der Waals surface area contributed by atoms with Gasteiger partial charge in [-0.05, 0) is 18.2 Å². The Bertz CT molecular complexity index is 761. The van der Waals surface area contributed by atoms with E-state index in [1.54, 1.807) is 30.3 Å². The smallest absolute Gasteiger partial charge is 0.393 e. The molecule has 0 aliphatic carbocycles. The van der Waals surface area contributed by atoms with Gasteiger partial charge in [0, 0.05) is 13.1 Å². The lowest BCUT2D eigenvalue weighted by atomic mass is 10.3. The lowest BCUT2D eigenvalue weighted by Crippen LogP contribution is -2.48. The normalized spacial score (nSPS) is 12.6. The molecule has 7 heteroatoms. The van der Waals surface area contributed by atoms with E-state index in [0.29, 0.717) is 5.75 Å². The van der Waals surface area contributed by atoms with Crippen molar-refractivity contribution in [3.63, 3.8) is 0 Å². The van der Waals surface area contributed by atoms with Gasteiger partial charge in [-0.3, -0.25) is 0 Å². The zero-order valence-corrected chi connectivity index (χ0v) is 14.2. The fourth-order valence-corrected chi connectivity index (χ4v) is 2.00. The van der Waals surface area contributed by atoms with E-state index < -0.39 is 11.8 Å². The van der Waals surface area contributed by atoms with E-state index in [-0.39, 0.29) is 22.5 Å². The molecule has 124 valence electrons. The number of aromatic nitrogens is 1. The van der Waals surface area contributed by atoms with Crippen molar-refractivity contribution >= 4 is 29.2 Å². The van der Waals surface area contributed by atoms with Crippen LogP contribution in [0.4, 0.5) is 0 Å². The maximum Gasteiger partial charge on any atom is 0.393 e. The van der Waals surface area contributed by atoms with Gasteiger partial charge in [0.1, 0.15) is 10.8 Å². The topological polar surface area (TPSA) is 57.7 Å². The third kappa shape index (κ3) is 4.31. The molecule has 0 aliphatic rings. The Hall–Kier alpha value is -2.42. The van der Waals surface area contributed by atoms with E-state index in [1.165, 1.54) is 19.2 Å². The molecule has 0 saturated carbocycles. The number of terminal acetylenes is 1. The summed E-state index contributed by atoms with van der Waals surface area (Å²) in [5.41, 5.74) is 0. The number of ether oxygens (including phenoxy) is 3. The molecule has 0 fully saturated rings. The first-order valence-electron chi connectivity index (χ1n) is 6.80. The number of pyridine rings is 1. The van der Waals surface area contributed by atoms with Gasteiger partial charge < -0.3 is 14.2 Å². The Morgan fingerprint density at radius 2 is 1.96 bits per heavy atom. The molecule has 0 aliphatic heterocycles. The average Bonchev–Trinajstić information content (AvgIpc) is 2.57. The minimum Gasteiger partial charge on any atom is -0.447 e. The van der Waals surface area contributed by atoms with Crippen LogP contribution in [-0.4, -0.2) is 23.3 Å². The Morgan fingerprint density at radius 3 is 2.62 bits per heavy atom. The zero-order valence-electron chi connectivity index (χ0n) is 12.7. The molecular formula is C17H13Cl2NO4. The molecule has 0 spiro atoms. The van der Waals surface area contributed by atoms with Gasteiger partial charge in [-0.1, -0.05) is 47.3 Å². The SMILES string of the molecule is C#CCOC(=O)[C@](C)(Oc1ccccc1)Oc1nccc(Cl)c1Cl. The summed E-state index contributed by atoms with van der Waals surface area (Å²) in [6.07, 6.45) is 6.50. The summed E-state index contributed by atoms with van der Waals surface area (Å²) in [7, 11) is 0. The first kappa shape index (κ1) is 17.9. The number of rotatable bonds is 6. The van der Waals surface area contributed by atoms with E-state index >= 15 is 0 Å². The molecular weight excluding hydrogens is 353 g/mol. The summed E-state index contributed by atoms with van der Waals surface area (Å²) in [5.74, 6) is -0.175. The summed E-state index contributed by atoms with van der Waals surface area (Å²) >= 11 is 12.0. The van der Waals surface area contributed by atoms with Crippen LogP contribution in [0.25, 0.3) is 0 Å². The molecule has 1 aromatic heterocycles. The van der Waals surface area contributed by atoms with Gasteiger partial charge in [-0.2, -0.15) is 0 Å². The number of carbonyl (C=O) groups is 1. The first-order chi connectivity index (χ1) is 11.5. The van der Waals surface area contributed by atoms with Crippen LogP contribution in [0.1, 0.15) is 6.92 Å². The molecule has 1 aromatic carbocycles. The van der Waals surface area contributed by atoms with Crippen molar-refractivity contribution in [3.8, 4) is 24.0 Å². The summed E-state index contributed by atoms with van der Waals surface area (Å²) in [5, 5.41) is 0.271. The molecule has 0 amide bonds. The van der Waals surface area contributed by atoms with Crippen LogP contribution in [0, 0.1) is 12.3 Å². The van der Waals surface area contributed by atoms with E-state index in [0.717, 1.165) is 0 Å². The minimum absolute atomic E-state index is 0.0480. The van der Waals surface area contributed by atoms with Crippen LogP contribution < -0.4 is 9.47 Å². The number of carbonyl (C=O) groups excluding carboxylic acids is 1. The Morgan fingerprint density at radius 1 is 1.25 bits per heavy atom. The van der Waals surface area contributed by atoms with E-state index in [1.807, 2.05) is 0 Å². The number of hydrogen-bond acceptors (Lipinski definition) is 5.